The fourth-order valence-corrected chi connectivity index (χ4v) is 2.08. The van der Waals surface area contributed by atoms with Crippen LogP contribution in [0, 0.1) is 11.8 Å². The van der Waals surface area contributed by atoms with Crippen LogP contribution in [0.1, 0.15) is 6.42 Å². The van der Waals surface area contributed by atoms with Gasteiger partial charge in [-0.3, -0.25) is 0 Å². The highest BCUT2D eigenvalue weighted by molar-refractivity contribution is 5.21. The Hall–Kier alpha value is -0.560. The molecule has 0 amide bonds. The molecule has 0 radical (unpaired) electrons. The zero-order valence-electron chi connectivity index (χ0n) is 7.20. The standard InChI is InChI=1S/C10H15N/c1-11(2)10-7-8-3-5-9(10)6-4-8/h3-6,8-10H,7H2,1-2H3. The first kappa shape index (κ1) is 7.11. The largest absolute Gasteiger partial charge is 0.306 e. The van der Waals surface area contributed by atoms with Crippen molar-refractivity contribution in [2.45, 2.75) is 12.5 Å². The first-order chi connectivity index (χ1) is 5.27. The first-order valence-electron chi connectivity index (χ1n) is 4.30. The highest BCUT2D eigenvalue weighted by Gasteiger charge is 2.28. The predicted octanol–water partition coefficient (Wildman–Crippen LogP) is 1.68. The van der Waals surface area contributed by atoms with Crippen molar-refractivity contribution in [2.24, 2.45) is 11.8 Å². The molecule has 0 N–H and O–H groups in total. The van der Waals surface area contributed by atoms with Crippen LogP contribution in [0.15, 0.2) is 24.3 Å². The van der Waals surface area contributed by atoms with Gasteiger partial charge in [-0.25, -0.2) is 0 Å². The highest BCUT2D eigenvalue weighted by atomic mass is 15.1. The van der Waals surface area contributed by atoms with E-state index in [1.165, 1.54) is 6.42 Å². The van der Waals surface area contributed by atoms with E-state index in [9.17, 15) is 0 Å². The predicted molar refractivity (Wildman–Crippen MR) is 47.4 cm³/mol. The SMILES string of the molecule is CN(C)C1CC2C=CC1C=C2. The lowest BCUT2D eigenvalue weighted by molar-refractivity contribution is 0.218. The van der Waals surface area contributed by atoms with Gasteiger partial charge in [0.1, 0.15) is 0 Å². The van der Waals surface area contributed by atoms with Crippen LogP contribution in [-0.2, 0) is 0 Å². The summed E-state index contributed by atoms with van der Waals surface area (Å²) in [6.07, 6.45) is 10.7. The van der Waals surface area contributed by atoms with Gasteiger partial charge in [-0.15, -0.1) is 0 Å². The van der Waals surface area contributed by atoms with Crippen LogP contribution < -0.4 is 0 Å². The molecule has 0 aliphatic heterocycles. The minimum atomic E-state index is 0.676. The van der Waals surface area contributed by atoms with Crippen LogP contribution in [0.3, 0.4) is 0 Å². The number of fused-ring (bicyclic) bond motifs is 1. The summed E-state index contributed by atoms with van der Waals surface area (Å²) >= 11 is 0. The molecule has 0 spiro atoms. The highest BCUT2D eigenvalue weighted by Crippen LogP contribution is 2.32. The van der Waals surface area contributed by atoms with Crippen LogP contribution >= 0.6 is 0 Å². The molecular weight excluding hydrogens is 134 g/mol. The summed E-state index contributed by atoms with van der Waals surface area (Å²) in [6, 6.07) is 0.745. The quantitative estimate of drug-likeness (QED) is 0.513. The van der Waals surface area contributed by atoms with Gasteiger partial charge in [0.25, 0.3) is 0 Å². The molecule has 0 heterocycles. The van der Waals surface area contributed by atoms with Crippen LogP contribution in [0.4, 0.5) is 0 Å². The number of hydrogen-bond donors (Lipinski definition) is 0. The molecule has 1 nitrogen and oxygen atoms in total. The molecule has 3 aliphatic carbocycles. The molecule has 3 rings (SSSR count). The van der Waals surface area contributed by atoms with Gasteiger partial charge >= 0.3 is 0 Å². The maximum absolute atomic E-state index is 2.35. The third-order valence-electron chi connectivity index (χ3n) is 2.78. The van der Waals surface area contributed by atoms with Crippen molar-refractivity contribution in [3.8, 4) is 0 Å². The van der Waals surface area contributed by atoms with Gasteiger partial charge in [-0.1, -0.05) is 24.3 Å². The van der Waals surface area contributed by atoms with Crippen molar-refractivity contribution in [3.05, 3.63) is 24.3 Å². The summed E-state index contributed by atoms with van der Waals surface area (Å²) in [4.78, 5) is 2.34. The maximum Gasteiger partial charge on any atom is 0.0195 e. The molecule has 0 fully saturated rings. The van der Waals surface area contributed by atoms with Crippen LogP contribution in [-0.4, -0.2) is 25.0 Å². The molecule has 0 saturated carbocycles. The third kappa shape index (κ3) is 1.14. The molecule has 1 atom stereocenters. The third-order valence-corrected chi connectivity index (χ3v) is 2.78. The fourth-order valence-electron chi connectivity index (χ4n) is 2.08. The van der Waals surface area contributed by atoms with E-state index in [4.69, 9.17) is 0 Å². The Morgan fingerprint density at radius 1 is 1.09 bits per heavy atom. The van der Waals surface area contributed by atoms with Crippen molar-refractivity contribution in [2.75, 3.05) is 14.1 Å². The average Bonchev–Trinajstić information content (AvgIpc) is 2.06. The normalized spacial score (nSPS) is 40.5. The topological polar surface area (TPSA) is 3.24 Å². The molecule has 2 bridgehead atoms. The molecule has 0 saturated heterocycles. The lowest BCUT2D eigenvalue weighted by Crippen LogP contribution is -2.39. The molecule has 1 unspecified atom stereocenters. The van der Waals surface area contributed by atoms with Crippen LogP contribution in [0.25, 0.3) is 0 Å². The average molecular weight is 149 g/mol. The summed E-state index contributed by atoms with van der Waals surface area (Å²) in [5, 5.41) is 0. The van der Waals surface area contributed by atoms with Crippen molar-refractivity contribution in [3.63, 3.8) is 0 Å². The van der Waals surface area contributed by atoms with Crippen LogP contribution in [0.2, 0.25) is 0 Å². The molecule has 0 aromatic heterocycles. The van der Waals surface area contributed by atoms with E-state index >= 15 is 0 Å². The van der Waals surface area contributed by atoms with Gasteiger partial charge in [0.05, 0.1) is 0 Å². The van der Waals surface area contributed by atoms with E-state index < -0.39 is 0 Å². The van der Waals surface area contributed by atoms with E-state index in [0.717, 1.165) is 6.04 Å². The van der Waals surface area contributed by atoms with E-state index in [1.54, 1.807) is 0 Å². The van der Waals surface area contributed by atoms with Crippen molar-refractivity contribution in [1.29, 1.82) is 0 Å². The number of hydrogen-bond acceptors (Lipinski definition) is 1. The summed E-state index contributed by atoms with van der Waals surface area (Å²) in [5.41, 5.74) is 0. The maximum atomic E-state index is 2.35. The Kier molecular flexibility index (Phi) is 1.61. The molecule has 3 aliphatic rings. The number of nitrogens with zero attached hydrogens (tertiary/aromatic N) is 1. The minimum Gasteiger partial charge on any atom is -0.306 e. The van der Waals surface area contributed by atoms with Gasteiger partial charge in [0.15, 0.2) is 0 Å². The van der Waals surface area contributed by atoms with E-state index in [1.807, 2.05) is 0 Å². The Balaban J connectivity index is 2.18. The summed E-state index contributed by atoms with van der Waals surface area (Å²) in [6.45, 7) is 0. The van der Waals surface area contributed by atoms with Crippen molar-refractivity contribution in [1.82, 2.24) is 4.90 Å². The summed E-state index contributed by atoms with van der Waals surface area (Å²) in [7, 11) is 4.35. The Labute approximate surface area is 68.4 Å². The monoisotopic (exact) mass is 149 g/mol. The second-order valence-corrected chi connectivity index (χ2v) is 3.78. The van der Waals surface area contributed by atoms with Gasteiger partial charge in [-0.2, -0.15) is 0 Å². The van der Waals surface area contributed by atoms with Gasteiger partial charge < -0.3 is 4.90 Å². The van der Waals surface area contributed by atoms with Gasteiger partial charge in [0, 0.05) is 12.0 Å². The second kappa shape index (κ2) is 2.49. The van der Waals surface area contributed by atoms with Crippen LogP contribution in [0.5, 0.6) is 0 Å². The summed E-state index contributed by atoms with van der Waals surface area (Å²) in [5.74, 6) is 1.39. The van der Waals surface area contributed by atoms with E-state index in [-0.39, 0.29) is 0 Å². The zero-order chi connectivity index (χ0) is 7.84. The molecule has 1 heteroatoms. The molecule has 0 aromatic carbocycles. The minimum absolute atomic E-state index is 0.676. The number of rotatable bonds is 1. The first-order valence-corrected chi connectivity index (χ1v) is 4.30. The summed E-state index contributed by atoms with van der Waals surface area (Å²) < 4.78 is 0. The van der Waals surface area contributed by atoms with E-state index in [2.05, 4.69) is 43.3 Å². The molecule has 60 valence electrons. The Morgan fingerprint density at radius 3 is 2.00 bits per heavy atom. The lowest BCUT2D eigenvalue weighted by Gasteiger charge is -2.37. The smallest absolute Gasteiger partial charge is 0.0195 e. The molecular formula is C10H15N. The second-order valence-electron chi connectivity index (χ2n) is 3.78. The van der Waals surface area contributed by atoms with Gasteiger partial charge in [-0.05, 0) is 26.4 Å². The fraction of sp³-hybridized carbons (Fsp3) is 0.600. The van der Waals surface area contributed by atoms with Crippen molar-refractivity contribution < 1.29 is 0 Å². The molecule has 0 aromatic rings. The van der Waals surface area contributed by atoms with Gasteiger partial charge in [0.2, 0.25) is 0 Å². The van der Waals surface area contributed by atoms with Crippen molar-refractivity contribution >= 4 is 0 Å². The Morgan fingerprint density at radius 2 is 1.73 bits per heavy atom. The zero-order valence-corrected chi connectivity index (χ0v) is 7.20. The lowest BCUT2D eigenvalue weighted by atomic mass is 9.78. The van der Waals surface area contributed by atoms with E-state index in [0.29, 0.717) is 11.8 Å². The molecule has 11 heavy (non-hydrogen) atoms. The Bertz CT molecular complexity index is 189. The number of allylic oxidation sites excluding steroid dienone is 2.